The molecule has 0 aromatic heterocycles. The minimum absolute atomic E-state index is 0.647. The van der Waals surface area contributed by atoms with Crippen LogP contribution in [0.1, 0.15) is 39.5 Å². The van der Waals surface area contributed by atoms with E-state index in [2.05, 4.69) is 29.6 Å². The molecule has 0 spiro atoms. The SMILES string of the molecule is CCCCC(CC)CN=C(NN)NCCOC. The lowest BCUT2D eigenvalue weighted by atomic mass is 10.00. The molecule has 0 aromatic rings. The molecular formula is C12H28N4O. The van der Waals surface area contributed by atoms with Crippen molar-refractivity contribution in [2.45, 2.75) is 39.5 Å². The second-order valence-electron chi connectivity index (χ2n) is 4.17. The van der Waals surface area contributed by atoms with Crippen LogP contribution < -0.4 is 16.6 Å². The van der Waals surface area contributed by atoms with Gasteiger partial charge in [-0.2, -0.15) is 0 Å². The Kier molecular flexibility index (Phi) is 11.1. The third-order valence-corrected chi connectivity index (χ3v) is 2.79. The Morgan fingerprint density at radius 3 is 2.71 bits per heavy atom. The summed E-state index contributed by atoms with van der Waals surface area (Å²) < 4.78 is 4.95. The summed E-state index contributed by atoms with van der Waals surface area (Å²) in [6, 6.07) is 0. The zero-order valence-electron chi connectivity index (χ0n) is 11.5. The van der Waals surface area contributed by atoms with E-state index in [0.29, 0.717) is 25.0 Å². The highest BCUT2D eigenvalue weighted by molar-refractivity contribution is 5.79. The van der Waals surface area contributed by atoms with Gasteiger partial charge in [-0.15, -0.1) is 0 Å². The summed E-state index contributed by atoms with van der Waals surface area (Å²) in [7, 11) is 1.67. The van der Waals surface area contributed by atoms with Gasteiger partial charge < -0.3 is 10.1 Å². The van der Waals surface area contributed by atoms with Gasteiger partial charge in [0.25, 0.3) is 0 Å². The molecule has 17 heavy (non-hydrogen) atoms. The lowest BCUT2D eigenvalue weighted by Crippen LogP contribution is -2.43. The number of hydrogen-bond donors (Lipinski definition) is 3. The first-order valence-electron chi connectivity index (χ1n) is 6.52. The van der Waals surface area contributed by atoms with Gasteiger partial charge in [0, 0.05) is 20.2 Å². The normalized spacial score (nSPS) is 13.5. The van der Waals surface area contributed by atoms with Crippen molar-refractivity contribution in [1.82, 2.24) is 10.7 Å². The summed E-state index contributed by atoms with van der Waals surface area (Å²) in [6.07, 6.45) is 4.93. The van der Waals surface area contributed by atoms with Crippen LogP contribution in [-0.4, -0.2) is 32.8 Å². The second-order valence-corrected chi connectivity index (χ2v) is 4.17. The van der Waals surface area contributed by atoms with Crippen LogP contribution in [0.3, 0.4) is 0 Å². The molecular weight excluding hydrogens is 216 g/mol. The standard InChI is InChI=1S/C12H28N4O/c1-4-6-7-11(5-2)10-15-12(16-13)14-8-9-17-3/h11H,4-10,13H2,1-3H3,(H2,14,15,16). The summed E-state index contributed by atoms with van der Waals surface area (Å²) in [5.74, 6) is 6.70. The highest BCUT2D eigenvalue weighted by Gasteiger charge is 2.05. The van der Waals surface area contributed by atoms with Crippen molar-refractivity contribution in [1.29, 1.82) is 0 Å². The Morgan fingerprint density at radius 2 is 2.18 bits per heavy atom. The fraction of sp³-hybridized carbons (Fsp3) is 0.917. The number of nitrogens with two attached hydrogens (primary N) is 1. The van der Waals surface area contributed by atoms with Crippen LogP contribution in [0.5, 0.6) is 0 Å². The Bertz CT molecular complexity index is 197. The van der Waals surface area contributed by atoms with Crippen molar-refractivity contribution in [3.8, 4) is 0 Å². The summed E-state index contributed by atoms with van der Waals surface area (Å²) in [5, 5.41) is 3.09. The Morgan fingerprint density at radius 1 is 1.41 bits per heavy atom. The number of unbranched alkanes of at least 4 members (excludes halogenated alkanes) is 1. The lowest BCUT2D eigenvalue weighted by molar-refractivity contribution is 0.203. The van der Waals surface area contributed by atoms with Crippen molar-refractivity contribution >= 4 is 5.96 Å². The maximum Gasteiger partial charge on any atom is 0.205 e. The quantitative estimate of drug-likeness (QED) is 0.188. The van der Waals surface area contributed by atoms with Crippen LogP contribution in [0.15, 0.2) is 4.99 Å². The van der Waals surface area contributed by atoms with Gasteiger partial charge in [-0.1, -0.05) is 33.1 Å². The van der Waals surface area contributed by atoms with E-state index in [1.165, 1.54) is 25.7 Å². The largest absolute Gasteiger partial charge is 0.383 e. The van der Waals surface area contributed by atoms with Crippen LogP contribution in [0.4, 0.5) is 0 Å². The van der Waals surface area contributed by atoms with Gasteiger partial charge >= 0.3 is 0 Å². The Hall–Kier alpha value is -0.810. The smallest absolute Gasteiger partial charge is 0.205 e. The number of nitrogens with one attached hydrogen (secondary N) is 2. The molecule has 0 radical (unpaired) electrons. The molecule has 0 saturated heterocycles. The van der Waals surface area contributed by atoms with E-state index in [-0.39, 0.29) is 0 Å². The second kappa shape index (κ2) is 11.7. The van der Waals surface area contributed by atoms with Gasteiger partial charge in [0.1, 0.15) is 0 Å². The molecule has 0 amide bonds. The van der Waals surface area contributed by atoms with Crippen LogP contribution in [-0.2, 0) is 4.74 Å². The molecule has 0 aromatic carbocycles. The van der Waals surface area contributed by atoms with E-state index in [9.17, 15) is 0 Å². The molecule has 1 atom stereocenters. The van der Waals surface area contributed by atoms with Gasteiger partial charge in [-0.05, 0) is 12.3 Å². The van der Waals surface area contributed by atoms with E-state index in [1.54, 1.807) is 7.11 Å². The molecule has 0 bridgehead atoms. The van der Waals surface area contributed by atoms with Gasteiger partial charge in [-0.25, -0.2) is 5.84 Å². The third kappa shape index (κ3) is 8.94. The van der Waals surface area contributed by atoms with E-state index in [4.69, 9.17) is 10.6 Å². The maximum absolute atomic E-state index is 5.40. The molecule has 0 aliphatic heterocycles. The van der Waals surface area contributed by atoms with Crippen molar-refractivity contribution in [3.05, 3.63) is 0 Å². The summed E-state index contributed by atoms with van der Waals surface area (Å²) >= 11 is 0. The number of nitrogens with zero attached hydrogens (tertiary/aromatic N) is 1. The average molecular weight is 244 g/mol. The topological polar surface area (TPSA) is 71.7 Å². The van der Waals surface area contributed by atoms with Crippen LogP contribution in [0, 0.1) is 5.92 Å². The highest BCUT2D eigenvalue weighted by atomic mass is 16.5. The number of aliphatic imine (C=N–C) groups is 1. The number of methoxy groups -OCH3 is 1. The molecule has 0 saturated carbocycles. The van der Waals surface area contributed by atoms with E-state index in [1.807, 2.05) is 0 Å². The zero-order valence-corrected chi connectivity index (χ0v) is 11.5. The van der Waals surface area contributed by atoms with E-state index >= 15 is 0 Å². The van der Waals surface area contributed by atoms with Crippen LogP contribution in [0.2, 0.25) is 0 Å². The summed E-state index contributed by atoms with van der Waals surface area (Å²) in [5.41, 5.74) is 2.58. The minimum Gasteiger partial charge on any atom is -0.383 e. The van der Waals surface area contributed by atoms with E-state index in [0.717, 1.165) is 6.54 Å². The Labute approximate surface area is 105 Å². The predicted molar refractivity (Wildman–Crippen MR) is 72.8 cm³/mol. The molecule has 0 aliphatic rings. The molecule has 4 N–H and O–H groups in total. The molecule has 5 heteroatoms. The monoisotopic (exact) mass is 244 g/mol. The number of rotatable bonds is 9. The van der Waals surface area contributed by atoms with Gasteiger partial charge in [0.2, 0.25) is 5.96 Å². The van der Waals surface area contributed by atoms with Gasteiger partial charge in [0.05, 0.1) is 6.61 Å². The fourth-order valence-electron chi connectivity index (χ4n) is 1.56. The fourth-order valence-corrected chi connectivity index (χ4v) is 1.56. The van der Waals surface area contributed by atoms with Gasteiger partial charge in [0.15, 0.2) is 0 Å². The number of ether oxygens (including phenoxy) is 1. The average Bonchev–Trinajstić information content (AvgIpc) is 2.36. The van der Waals surface area contributed by atoms with Crippen molar-refractivity contribution < 1.29 is 4.74 Å². The maximum atomic E-state index is 5.40. The number of hydrogen-bond acceptors (Lipinski definition) is 3. The molecule has 102 valence electrons. The predicted octanol–water partition coefficient (Wildman–Crippen LogP) is 1.26. The summed E-state index contributed by atoms with van der Waals surface area (Å²) in [6.45, 7) is 6.62. The lowest BCUT2D eigenvalue weighted by Gasteiger charge is -2.13. The van der Waals surface area contributed by atoms with Crippen molar-refractivity contribution in [2.75, 3.05) is 26.8 Å². The molecule has 1 unspecified atom stereocenters. The number of guanidine groups is 1. The molecule has 0 fully saturated rings. The van der Waals surface area contributed by atoms with Crippen LogP contribution >= 0.6 is 0 Å². The van der Waals surface area contributed by atoms with E-state index < -0.39 is 0 Å². The minimum atomic E-state index is 0.647. The van der Waals surface area contributed by atoms with Crippen molar-refractivity contribution in [2.24, 2.45) is 16.8 Å². The highest BCUT2D eigenvalue weighted by Crippen LogP contribution is 2.12. The first-order chi connectivity index (χ1) is 8.28. The van der Waals surface area contributed by atoms with Crippen molar-refractivity contribution in [3.63, 3.8) is 0 Å². The third-order valence-electron chi connectivity index (χ3n) is 2.79. The zero-order chi connectivity index (χ0) is 12.9. The molecule has 0 aliphatic carbocycles. The molecule has 0 rings (SSSR count). The molecule has 5 nitrogen and oxygen atoms in total. The number of hydrazine groups is 1. The van der Waals surface area contributed by atoms with Crippen LogP contribution in [0.25, 0.3) is 0 Å². The Balaban J connectivity index is 3.94. The first-order valence-corrected chi connectivity index (χ1v) is 6.52. The summed E-state index contributed by atoms with van der Waals surface area (Å²) in [4.78, 5) is 4.45. The molecule has 0 heterocycles. The first kappa shape index (κ1) is 16.2. The van der Waals surface area contributed by atoms with Gasteiger partial charge in [-0.3, -0.25) is 10.4 Å².